The molecule has 0 aliphatic carbocycles. The molecule has 0 aliphatic rings. The van der Waals surface area contributed by atoms with Crippen LogP contribution in [0.3, 0.4) is 0 Å². The Bertz CT molecular complexity index is 573. The van der Waals surface area contributed by atoms with E-state index in [-0.39, 0.29) is 0 Å². The number of nitrogens with two attached hydrogens (primary N) is 1. The molecule has 0 bridgehead atoms. The fraction of sp³-hybridized carbons (Fsp3) is 0.400. The van der Waals surface area contributed by atoms with Crippen LogP contribution in [-0.4, -0.2) is 9.55 Å². The number of imidazole rings is 1. The molecule has 1 aromatic heterocycles. The summed E-state index contributed by atoms with van der Waals surface area (Å²) < 4.78 is 2.10. The first-order valence-electron chi connectivity index (χ1n) is 6.67. The molecule has 3 nitrogen and oxygen atoms in total. The van der Waals surface area contributed by atoms with E-state index in [0.29, 0.717) is 16.8 Å². The maximum Gasteiger partial charge on any atom is 0.131 e. The first-order valence-corrected chi connectivity index (χ1v) is 7.04. The minimum atomic E-state index is 0.338. The molecule has 102 valence electrons. The van der Waals surface area contributed by atoms with Crippen molar-refractivity contribution in [1.82, 2.24) is 9.55 Å². The molecular weight excluding hydrogens is 258 g/mol. The summed E-state index contributed by atoms with van der Waals surface area (Å²) in [6.07, 6.45) is 1.03. The molecule has 19 heavy (non-hydrogen) atoms. The van der Waals surface area contributed by atoms with E-state index >= 15 is 0 Å². The van der Waals surface area contributed by atoms with E-state index in [2.05, 4.69) is 25.3 Å². The summed E-state index contributed by atoms with van der Waals surface area (Å²) in [6.45, 7) is 7.28. The average molecular weight is 278 g/mol. The van der Waals surface area contributed by atoms with Gasteiger partial charge >= 0.3 is 0 Å². The summed E-state index contributed by atoms with van der Waals surface area (Å²) in [5, 5.41) is 0.686. The summed E-state index contributed by atoms with van der Waals surface area (Å²) in [7, 11) is 0. The molecule has 0 fully saturated rings. The van der Waals surface area contributed by atoms with Crippen LogP contribution in [0.15, 0.2) is 24.3 Å². The molecule has 2 aromatic rings. The Labute approximate surface area is 119 Å². The van der Waals surface area contributed by atoms with Crippen molar-refractivity contribution in [3.05, 3.63) is 35.1 Å². The van der Waals surface area contributed by atoms with E-state index in [9.17, 15) is 0 Å². The van der Waals surface area contributed by atoms with Gasteiger partial charge in [0.25, 0.3) is 0 Å². The number of aromatic nitrogens is 2. The topological polar surface area (TPSA) is 43.8 Å². The lowest BCUT2D eigenvalue weighted by molar-refractivity contribution is 0.616. The first kappa shape index (κ1) is 13.9. The zero-order valence-electron chi connectivity index (χ0n) is 11.7. The van der Waals surface area contributed by atoms with Crippen LogP contribution in [0.1, 0.15) is 38.9 Å². The van der Waals surface area contributed by atoms with Crippen LogP contribution in [0.25, 0.3) is 11.3 Å². The van der Waals surface area contributed by atoms with Crippen LogP contribution >= 0.6 is 11.6 Å². The van der Waals surface area contributed by atoms with E-state index in [0.717, 1.165) is 30.0 Å². The zero-order valence-corrected chi connectivity index (χ0v) is 12.4. The van der Waals surface area contributed by atoms with Crippen LogP contribution in [0.4, 0.5) is 5.82 Å². The highest BCUT2D eigenvalue weighted by molar-refractivity contribution is 6.33. The Hall–Kier alpha value is -1.48. The molecule has 0 unspecified atom stereocenters. The van der Waals surface area contributed by atoms with Crippen molar-refractivity contribution in [2.45, 2.75) is 39.7 Å². The molecule has 0 amide bonds. The fourth-order valence-electron chi connectivity index (χ4n) is 2.23. The van der Waals surface area contributed by atoms with E-state index in [1.165, 1.54) is 0 Å². The van der Waals surface area contributed by atoms with Crippen molar-refractivity contribution in [2.24, 2.45) is 0 Å². The SMILES string of the molecule is CCCn1c(C(C)C)nc(-c2ccccc2Cl)c1N. The van der Waals surface area contributed by atoms with Crippen molar-refractivity contribution < 1.29 is 0 Å². The van der Waals surface area contributed by atoms with Gasteiger partial charge in [0.05, 0.1) is 5.02 Å². The van der Waals surface area contributed by atoms with E-state index in [4.69, 9.17) is 22.3 Å². The van der Waals surface area contributed by atoms with Gasteiger partial charge in [-0.1, -0.05) is 50.6 Å². The minimum absolute atomic E-state index is 0.338. The summed E-state index contributed by atoms with van der Waals surface area (Å²) >= 11 is 6.24. The normalized spacial score (nSPS) is 11.2. The van der Waals surface area contributed by atoms with E-state index in [1.54, 1.807) is 0 Å². The maximum absolute atomic E-state index is 6.27. The lowest BCUT2D eigenvalue weighted by Crippen LogP contribution is -2.08. The summed E-state index contributed by atoms with van der Waals surface area (Å²) in [5.74, 6) is 2.07. The molecule has 0 aliphatic heterocycles. The average Bonchev–Trinajstić information content (AvgIpc) is 2.69. The summed E-state index contributed by atoms with van der Waals surface area (Å²) in [6, 6.07) is 7.69. The molecule has 0 radical (unpaired) electrons. The predicted octanol–water partition coefficient (Wildman–Crippen LogP) is 4.32. The van der Waals surface area contributed by atoms with Gasteiger partial charge in [-0.05, 0) is 12.5 Å². The van der Waals surface area contributed by atoms with Crippen LogP contribution in [0.2, 0.25) is 5.02 Å². The third kappa shape index (κ3) is 2.61. The minimum Gasteiger partial charge on any atom is -0.383 e. The van der Waals surface area contributed by atoms with Crippen LogP contribution in [-0.2, 0) is 6.54 Å². The highest BCUT2D eigenvalue weighted by Gasteiger charge is 2.19. The lowest BCUT2D eigenvalue weighted by atomic mass is 10.1. The monoisotopic (exact) mass is 277 g/mol. The van der Waals surface area contributed by atoms with Crippen LogP contribution in [0, 0.1) is 0 Å². The molecule has 4 heteroatoms. The van der Waals surface area contributed by atoms with Gasteiger partial charge in [0, 0.05) is 18.0 Å². The second-order valence-electron chi connectivity index (χ2n) is 4.99. The van der Waals surface area contributed by atoms with E-state index in [1.807, 2.05) is 24.3 Å². The number of nitrogens with zero attached hydrogens (tertiary/aromatic N) is 2. The Morgan fingerprint density at radius 2 is 2.00 bits per heavy atom. The Balaban J connectivity index is 2.59. The quantitative estimate of drug-likeness (QED) is 0.904. The standard InChI is InChI=1S/C15H20ClN3/c1-4-9-19-14(17)13(18-15(19)10(2)3)11-7-5-6-8-12(11)16/h5-8,10H,4,9,17H2,1-3H3. The Morgan fingerprint density at radius 1 is 1.32 bits per heavy atom. The number of rotatable bonds is 4. The Kier molecular flexibility index (Phi) is 4.15. The van der Waals surface area contributed by atoms with Gasteiger partial charge in [-0.2, -0.15) is 0 Å². The van der Waals surface area contributed by atoms with Gasteiger partial charge in [-0.3, -0.25) is 0 Å². The van der Waals surface area contributed by atoms with Gasteiger partial charge in [0.2, 0.25) is 0 Å². The van der Waals surface area contributed by atoms with Gasteiger partial charge in [0.1, 0.15) is 17.3 Å². The molecule has 1 heterocycles. The fourth-order valence-corrected chi connectivity index (χ4v) is 2.46. The number of hydrogen-bond donors (Lipinski definition) is 1. The third-order valence-electron chi connectivity index (χ3n) is 3.13. The van der Waals surface area contributed by atoms with Crippen molar-refractivity contribution in [1.29, 1.82) is 0 Å². The first-order chi connectivity index (χ1) is 9.06. The van der Waals surface area contributed by atoms with Gasteiger partial charge < -0.3 is 10.3 Å². The number of benzene rings is 1. The smallest absolute Gasteiger partial charge is 0.131 e. The van der Waals surface area contributed by atoms with Crippen LogP contribution < -0.4 is 5.73 Å². The molecule has 0 saturated carbocycles. The predicted molar refractivity (Wildman–Crippen MR) is 81.5 cm³/mol. The molecule has 0 spiro atoms. The molecule has 1 aromatic carbocycles. The highest BCUT2D eigenvalue weighted by Crippen LogP contribution is 2.33. The summed E-state index contributed by atoms with van der Waals surface area (Å²) in [5.41, 5.74) is 7.97. The lowest BCUT2D eigenvalue weighted by Gasteiger charge is -2.10. The number of halogens is 1. The highest BCUT2D eigenvalue weighted by atomic mass is 35.5. The molecular formula is C15H20ClN3. The van der Waals surface area contributed by atoms with Crippen molar-refractivity contribution in [3.8, 4) is 11.3 Å². The second kappa shape index (κ2) is 5.66. The van der Waals surface area contributed by atoms with Crippen molar-refractivity contribution >= 4 is 17.4 Å². The molecule has 2 rings (SSSR count). The number of anilines is 1. The zero-order chi connectivity index (χ0) is 14.0. The van der Waals surface area contributed by atoms with Crippen molar-refractivity contribution in [2.75, 3.05) is 5.73 Å². The van der Waals surface area contributed by atoms with Crippen molar-refractivity contribution in [3.63, 3.8) is 0 Å². The second-order valence-corrected chi connectivity index (χ2v) is 5.40. The van der Waals surface area contributed by atoms with Gasteiger partial charge in [0.15, 0.2) is 0 Å². The molecule has 2 N–H and O–H groups in total. The molecule has 0 atom stereocenters. The number of nitrogen functional groups attached to an aromatic ring is 1. The van der Waals surface area contributed by atoms with E-state index < -0.39 is 0 Å². The van der Waals surface area contributed by atoms with Gasteiger partial charge in [-0.25, -0.2) is 4.98 Å². The largest absolute Gasteiger partial charge is 0.383 e. The molecule has 0 saturated heterocycles. The van der Waals surface area contributed by atoms with Gasteiger partial charge in [-0.15, -0.1) is 0 Å². The third-order valence-corrected chi connectivity index (χ3v) is 3.46. The maximum atomic E-state index is 6.27. The Morgan fingerprint density at radius 3 is 2.58 bits per heavy atom. The van der Waals surface area contributed by atoms with Crippen LogP contribution in [0.5, 0.6) is 0 Å². The summed E-state index contributed by atoms with van der Waals surface area (Å²) in [4.78, 5) is 4.71. The number of hydrogen-bond acceptors (Lipinski definition) is 2.